The van der Waals surface area contributed by atoms with Gasteiger partial charge in [-0.1, -0.05) is 0 Å². The Morgan fingerprint density at radius 1 is 1.62 bits per heavy atom. The van der Waals surface area contributed by atoms with Crippen molar-refractivity contribution in [1.29, 1.82) is 0 Å². The average molecular weight is 115 g/mol. The predicted octanol–water partition coefficient (Wildman–Crippen LogP) is -0.628. The van der Waals surface area contributed by atoms with Gasteiger partial charge >= 0.3 is 0 Å². The molecule has 3 heteroatoms. The van der Waals surface area contributed by atoms with E-state index < -0.39 is 0 Å². The molecule has 1 fully saturated rings. The zero-order valence-corrected chi connectivity index (χ0v) is 5.44. The Labute approximate surface area is 50.1 Å². The first kappa shape index (κ1) is 6.01. The molecule has 0 amide bonds. The van der Waals surface area contributed by atoms with Crippen molar-refractivity contribution in [3.05, 3.63) is 0 Å². The van der Waals surface area contributed by atoms with Crippen LogP contribution in [0.5, 0.6) is 0 Å². The largest absolute Gasteiger partial charge is 0.292 e. The van der Waals surface area contributed by atoms with E-state index in [9.17, 15) is 0 Å². The lowest BCUT2D eigenvalue weighted by molar-refractivity contribution is 0.158. The van der Waals surface area contributed by atoms with Crippen molar-refractivity contribution in [2.75, 3.05) is 20.4 Å². The molecule has 8 heavy (non-hydrogen) atoms. The summed E-state index contributed by atoms with van der Waals surface area (Å²) < 4.78 is 0. The molecule has 0 spiro atoms. The first-order chi connectivity index (χ1) is 3.80. The molecular weight excluding hydrogens is 102 g/mol. The second-order valence-electron chi connectivity index (χ2n) is 2.22. The van der Waals surface area contributed by atoms with Crippen LogP contribution in [0.25, 0.3) is 0 Å². The molecule has 1 saturated heterocycles. The van der Waals surface area contributed by atoms with Crippen molar-refractivity contribution in [3.8, 4) is 0 Å². The van der Waals surface area contributed by atoms with Crippen molar-refractivity contribution in [3.63, 3.8) is 0 Å². The van der Waals surface area contributed by atoms with Crippen LogP contribution < -0.4 is 10.6 Å². The van der Waals surface area contributed by atoms with E-state index in [4.69, 9.17) is 0 Å². The molecule has 1 atom stereocenters. The van der Waals surface area contributed by atoms with Gasteiger partial charge in [-0.15, -0.1) is 0 Å². The molecule has 0 aromatic carbocycles. The van der Waals surface area contributed by atoms with Crippen LogP contribution in [0.2, 0.25) is 0 Å². The minimum Gasteiger partial charge on any atom is -0.292 e. The van der Waals surface area contributed by atoms with Crippen molar-refractivity contribution >= 4 is 0 Å². The van der Waals surface area contributed by atoms with Crippen LogP contribution >= 0.6 is 0 Å². The van der Waals surface area contributed by atoms with Crippen LogP contribution in [0.3, 0.4) is 0 Å². The summed E-state index contributed by atoms with van der Waals surface area (Å²) in [6.07, 6.45) is 0.524. The van der Waals surface area contributed by atoms with E-state index in [-0.39, 0.29) is 0 Å². The van der Waals surface area contributed by atoms with Crippen molar-refractivity contribution in [2.45, 2.75) is 13.1 Å². The lowest BCUT2D eigenvalue weighted by Gasteiger charge is -2.31. The van der Waals surface area contributed by atoms with Crippen molar-refractivity contribution < 1.29 is 0 Å². The summed E-state index contributed by atoms with van der Waals surface area (Å²) in [5.41, 5.74) is 0. The topological polar surface area (TPSA) is 27.3 Å². The number of hydrogen-bond donors (Lipinski definition) is 2. The summed E-state index contributed by atoms with van der Waals surface area (Å²) in [4.78, 5) is 2.21. The average Bonchev–Trinajstić information content (AvgIpc) is 1.77. The van der Waals surface area contributed by atoms with Crippen LogP contribution in [0, 0.1) is 0 Å². The van der Waals surface area contributed by atoms with Gasteiger partial charge in [0.1, 0.15) is 0 Å². The van der Waals surface area contributed by atoms with E-state index in [1.807, 2.05) is 0 Å². The van der Waals surface area contributed by atoms with Crippen LogP contribution in [0.15, 0.2) is 0 Å². The molecule has 0 radical (unpaired) electrons. The zero-order valence-electron chi connectivity index (χ0n) is 5.44. The standard InChI is InChI=1S/C5H13N3/c1-5-7-3-6-4-8(5)2/h5-7H,3-4H2,1-2H3. The van der Waals surface area contributed by atoms with Gasteiger partial charge < -0.3 is 0 Å². The summed E-state index contributed by atoms with van der Waals surface area (Å²) in [7, 11) is 2.09. The van der Waals surface area contributed by atoms with Gasteiger partial charge in [0, 0.05) is 6.67 Å². The normalized spacial score (nSPS) is 33.0. The highest BCUT2D eigenvalue weighted by atomic mass is 15.4. The maximum atomic E-state index is 3.25. The summed E-state index contributed by atoms with van der Waals surface area (Å²) in [6, 6.07) is 0. The lowest BCUT2D eigenvalue weighted by atomic mass is 10.5. The third-order valence-electron chi connectivity index (χ3n) is 1.54. The Balaban J connectivity index is 2.28. The summed E-state index contributed by atoms with van der Waals surface area (Å²) in [5.74, 6) is 0. The van der Waals surface area contributed by atoms with Crippen molar-refractivity contribution in [1.82, 2.24) is 15.5 Å². The Hall–Kier alpha value is -0.120. The predicted molar refractivity (Wildman–Crippen MR) is 33.2 cm³/mol. The van der Waals surface area contributed by atoms with Gasteiger partial charge in [0.2, 0.25) is 0 Å². The first-order valence-electron chi connectivity index (χ1n) is 2.95. The highest BCUT2D eigenvalue weighted by Gasteiger charge is 2.10. The number of nitrogens with one attached hydrogen (secondary N) is 2. The molecule has 1 heterocycles. The van der Waals surface area contributed by atoms with Crippen LogP contribution in [-0.2, 0) is 0 Å². The Bertz CT molecular complexity index is 64.1. The molecule has 0 aromatic heterocycles. The molecule has 0 bridgehead atoms. The molecule has 1 unspecified atom stereocenters. The highest BCUT2D eigenvalue weighted by molar-refractivity contribution is 4.63. The third-order valence-corrected chi connectivity index (χ3v) is 1.54. The van der Waals surface area contributed by atoms with Gasteiger partial charge in [-0.25, -0.2) is 0 Å². The molecule has 0 aliphatic carbocycles. The minimum absolute atomic E-state index is 0.524. The van der Waals surface area contributed by atoms with Crippen LogP contribution in [-0.4, -0.2) is 31.5 Å². The fourth-order valence-corrected chi connectivity index (χ4v) is 0.745. The summed E-state index contributed by atoms with van der Waals surface area (Å²) in [5, 5.41) is 6.43. The molecule has 1 rings (SSSR count). The van der Waals surface area contributed by atoms with E-state index in [1.54, 1.807) is 0 Å². The molecule has 48 valence electrons. The Morgan fingerprint density at radius 3 is 2.75 bits per heavy atom. The van der Waals surface area contributed by atoms with Gasteiger partial charge in [-0.2, -0.15) is 0 Å². The fraction of sp³-hybridized carbons (Fsp3) is 1.00. The number of hydrogen-bond acceptors (Lipinski definition) is 3. The number of nitrogens with zero attached hydrogens (tertiary/aromatic N) is 1. The fourth-order valence-electron chi connectivity index (χ4n) is 0.745. The van der Waals surface area contributed by atoms with Gasteiger partial charge in [0.05, 0.1) is 12.8 Å². The third kappa shape index (κ3) is 1.18. The monoisotopic (exact) mass is 115 g/mol. The SMILES string of the molecule is CC1NCNCN1C. The maximum Gasteiger partial charge on any atom is 0.0586 e. The van der Waals surface area contributed by atoms with Gasteiger partial charge in [-0.3, -0.25) is 15.5 Å². The lowest BCUT2D eigenvalue weighted by Crippen LogP contribution is -2.54. The molecular formula is C5H13N3. The smallest absolute Gasteiger partial charge is 0.0586 e. The van der Waals surface area contributed by atoms with E-state index >= 15 is 0 Å². The molecule has 0 aromatic rings. The maximum absolute atomic E-state index is 3.25. The van der Waals surface area contributed by atoms with Gasteiger partial charge in [0.25, 0.3) is 0 Å². The second-order valence-corrected chi connectivity index (χ2v) is 2.22. The minimum atomic E-state index is 0.524. The summed E-state index contributed by atoms with van der Waals surface area (Å²) >= 11 is 0. The van der Waals surface area contributed by atoms with Crippen LogP contribution in [0.1, 0.15) is 6.92 Å². The Kier molecular flexibility index (Phi) is 1.83. The van der Waals surface area contributed by atoms with Gasteiger partial charge in [0.15, 0.2) is 0 Å². The van der Waals surface area contributed by atoms with E-state index in [0.29, 0.717) is 6.17 Å². The summed E-state index contributed by atoms with van der Waals surface area (Å²) in [6.45, 7) is 4.08. The molecule has 1 aliphatic rings. The number of rotatable bonds is 0. The quantitative estimate of drug-likeness (QED) is 0.440. The van der Waals surface area contributed by atoms with E-state index in [1.165, 1.54) is 0 Å². The Morgan fingerprint density at radius 2 is 2.38 bits per heavy atom. The zero-order chi connectivity index (χ0) is 5.98. The van der Waals surface area contributed by atoms with E-state index in [0.717, 1.165) is 13.3 Å². The van der Waals surface area contributed by atoms with Gasteiger partial charge in [-0.05, 0) is 14.0 Å². The van der Waals surface area contributed by atoms with Crippen LogP contribution in [0.4, 0.5) is 0 Å². The molecule has 1 aliphatic heterocycles. The molecule has 0 saturated carbocycles. The van der Waals surface area contributed by atoms with Crippen molar-refractivity contribution in [2.24, 2.45) is 0 Å². The first-order valence-corrected chi connectivity index (χ1v) is 2.95. The molecule has 3 nitrogen and oxygen atoms in total. The second kappa shape index (κ2) is 2.44. The van der Waals surface area contributed by atoms with E-state index in [2.05, 4.69) is 29.5 Å². The highest BCUT2D eigenvalue weighted by Crippen LogP contribution is 1.90. The molecule has 2 N–H and O–H groups in total.